The molecule has 7 nitrogen and oxygen atoms in total. The molecule has 0 aromatic heterocycles. The fraction of sp³-hybridized carbons (Fsp3) is 0.529. The van der Waals surface area contributed by atoms with Crippen LogP contribution >= 0.6 is 0 Å². The molecule has 1 aromatic carbocycles. The summed E-state index contributed by atoms with van der Waals surface area (Å²) in [6, 6.07) is 8.54. The van der Waals surface area contributed by atoms with E-state index < -0.39 is 23.7 Å². The van der Waals surface area contributed by atoms with E-state index in [1.54, 1.807) is 20.8 Å². The number of ether oxygens (including phenoxy) is 2. The van der Waals surface area contributed by atoms with E-state index in [1.165, 1.54) is 0 Å². The van der Waals surface area contributed by atoms with Crippen molar-refractivity contribution in [3.63, 3.8) is 0 Å². The van der Waals surface area contributed by atoms with Crippen LogP contribution in [-0.2, 0) is 20.9 Å². The van der Waals surface area contributed by atoms with Gasteiger partial charge in [-0.05, 0) is 39.2 Å². The first kappa shape index (κ1) is 19.9. The van der Waals surface area contributed by atoms with Crippen molar-refractivity contribution in [2.75, 3.05) is 6.54 Å². The van der Waals surface area contributed by atoms with Crippen LogP contribution in [0.5, 0.6) is 0 Å². The maximum Gasteiger partial charge on any atom is 0.407 e. The molecule has 134 valence electrons. The quantitative estimate of drug-likeness (QED) is 0.382. The Morgan fingerprint density at radius 2 is 1.88 bits per heavy atom. The second-order valence-corrected chi connectivity index (χ2v) is 6.35. The molecule has 3 N–H and O–H groups in total. The highest BCUT2D eigenvalue weighted by molar-refractivity contribution is 5.76. The Kier molecular flexibility index (Phi) is 8.21. The van der Waals surface area contributed by atoms with Crippen molar-refractivity contribution in [3.05, 3.63) is 35.9 Å². The van der Waals surface area contributed by atoms with Crippen LogP contribution in [-0.4, -0.2) is 35.5 Å². The van der Waals surface area contributed by atoms with E-state index in [1.807, 2.05) is 35.8 Å². The number of nitrogens with one attached hydrogen (secondary N) is 2. The smallest absolute Gasteiger partial charge is 0.407 e. The van der Waals surface area contributed by atoms with Gasteiger partial charge in [0.2, 0.25) is 0 Å². The van der Waals surface area contributed by atoms with Crippen LogP contribution in [0.1, 0.15) is 39.2 Å². The minimum atomic E-state index is -0.827. The lowest BCUT2D eigenvalue weighted by Gasteiger charge is -2.23. The second-order valence-electron chi connectivity index (χ2n) is 6.35. The van der Waals surface area contributed by atoms with Gasteiger partial charge in [0.25, 0.3) is 0 Å². The molecule has 1 atom stereocenters. The van der Waals surface area contributed by atoms with E-state index in [0.717, 1.165) is 5.56 Å². The molecule has 1 amide bonds. The largest absolute Gasteiger partial charge is 0.459 e. The molecule has 1 aromatic rings. The summed E-state index contributed by atoms with van der Waals surface area (Å²) >= 11 is 0. The number of hydroxylamine groups is 1. The molecule has 0 saturated carbocycles. The number of carbonyl (C=O) groups excluding carboxylic acids is 2. The highest BCUT2D eigenvalue weighted by atomic mass is 16.6. The Labute approximate surface area is 142 Å². The van der Waals surface area contributed by atoms with Gasteiger partial charge in [0, 0.05) is 6.54 Å². The molecule has 0 aliphatic carbocycles. The third-order valence-corrected chi connectivity index (χ3v) is 3.00. The van der Waals surface area contributed by atoms with E-state index in [-0.39, 0.29) is 6.61 Å². The predicted octanol–water partition coefficient (Wildman–Crippen LogP) is 2.38. The molecule has 0 radical (unpaired) electrons. The molecule has 0 bridgehead atoms. The molecule has 0 heterocycles. The average molecular weight is 338 g/mol. The summed E-state index contributed by atoms with van der Waals surface area (Å²) in [4.78, 5) is 23.4. The lowest BCUT2D eigenvalue weighted by Crippen LogP contribution is -2.40. The number of benzene rings is 1. The summed E-state index contributed by atoms with van der Waals surface area (Å²) in [5.74, 6) is -0.531. The zero-order chi connectivity index (χ0) is 18.0. The SMILES string of the molecule is CC(C)(C)OC(=O)[C@H](CCCNC(=O)OCc1ccccc1)NO. The first-order chi connectivity index (χ1) is 11.3. The van der Waals surface area contributed by atoms with Gasteiger partial charge in [0.1, 0.15) is 18.2 Å². The lowest BCUT2D eigenvalue weighted by molar-refractivity contribution is -0.160. The third-order valence-electron chi connectivity index (χ3n) is 3.00. The van der Waals surface area contributed by atoms with Crippen molar-refractivity contribution in [1.29, 1.82) is 0 Å². The van der Waals surface area contributed by atoms with Crippen molar-refractivity contribution in [3.8, 4) is 0 Å². The molecule has 0 aliphatic heterocycles. The van der Waals surface area contributed by atoms with Crippen LogP contribution in [0.3, 0.4) is 0 Å². The fourth-order valence-electron chi connectivity index (χ4n) is 1.88. The van der Waals surface area contributed by atoms with Gasteiger partial charge in [-0.15, -0.1) is 0 Å². The van der Waals surface area contributed by atoms with Crippen molar-refractivity contribution in [2.24, 2.45) is 0 Å². The number of esters is 1. The van der Waals surface area contributed by atoms with Crippen LogP contribution in [0, 0.1) is 0 Å². The summed E-state index contributed by atoms with van der Waals surface area (Å²) in [5, 5.41) is 11.6. The molecular formula is C17H26N2O5. The van der Waals surface area contributed by atoms with Crippen molar-refractivity contribution >= 4 is 12.1 Å². The monoisotopic (exact) mass is 338 g/mol. The van der Waals surface area contributed by atoms with Crippen LogP contribution in [0.25, 0.3) is 0 Å². The maximum atomic E-state index is 11.8. The van der Waals surface area contributed by atoms with E-state index in [4.69, 9.17) is 14.7 Å². The number of amides is 1. The maximum absolute atomic E-state index is 11.8. The Morgan fingerprint density at radius 3 is 2.46 bits per heavy atom. The summed E-state index contributed by atoms with van der Waals surface area (Å²) in [7, 11) is 0. The van der Waals surface area contributed by atoms with E-state index in [9.17, 15) is 9.59 Å². The van der Waals surface area contributed by atoms with Crippen molar-refractivity contribution in [1.82, 2.24) is 10.8 Å². The van der Waals surface area contributed by atoms with Gasteiger partial charge in [-0.1, -0.05) is 30.3 Å². The van der Waals surface area contributed by atoms with Crippen LogP contribution < -0.4 is 10.8 Å². The van der Waals surface area contributed by atoms with Gasteiger partial charge in [0.05, 0.1) is 0 Å². The van der Waals surface area contributed by atoms with Crippen molar-refractivity contribution in [2.45, 2.75) is 51.9 Å². The van der Waals surface area contributed by atoms with Crippen LogP contribution in [0.2, 0.25) is 0 Å². The first-order valence-electron chi connectivity index (χ1n) is 7.89. The molecule has 0 unspecified atom stereocenters. The molecule has 0 saturated heterocycles. The Hall–Kier alpha value is -2.12. The fourth-order valence-corrected chi connectivity index (χ4v) is 1.88. The summed E-state index contributed by atoms with van der Waals surface area (Å²) in [6.45, 7) is 5.79. The molecule has 0 fully saturated rings. The van der Waals surface area contributed by atoms with E-state index in [0.29, 0.717) is 19.4 Å². The van der Waals surface area contributed by atoms with Gasteiger partial charge in [-0.2, -0.15) is 5.48 Å². The Bertz CT molecular complexity index is 513. The number of alkyl carbamates (subject to hydrolysis) is 1. The van der Waals surface area contributed by atoms with Gasteiger partial charge in [-0.3, -0.25) is 4.79 Å². The Balaban J connectivity index is 2.21. The summed E-state index contributed by atoms with van der Waals surface area (Å²) < 4.78 is 10.3. The van der Waals surface area contributed by atoms with Gasteiger partial charge < -0.3 is 20.0 Å². The molecule has 7 heteroatoms. The normalized spacial score (nSPS) is 12.3. The standard InChI is InChI=1S/C17H26N2O5/c1-17(2,3)24-15(20)14(19-22)10-7-11-18-16(21)23-12-13-8-5-4-6-9-13/h4-6,8-9,14,19,22H,7,10-12H2,1-3H3,(H,18,21)/t14-/m0/s1. The molecule has 0 spiro atoms. The highest BCUT2D eigenvalue weighted by Crippen LogP contribution is 2.10. The highest BCUT2D eigenvalue weighted by Gasteiger charge is 2.24. The lowest BCUT2D eigenvalue weighted by atomic mass is 10.1. The van der Waals surface area contributed by atoms with Gasteiger partial charge >= 0.3 is 12.1 Å². The number of rotatable bonds is 8. The Morgan fingerprint density at radius 1 is 1.21 bits per heavy atom. The number of hydrogen-bond acceptors (Lipinski definition) is 6. The first-order valence-corrected chi connectivity index (χ1v) is 7.89. The minimum absolute atomic E-state index is 0.200. The number of hydrogen-bond donors (Lipinski definition) is 3. The van der Waals surface area contributed by atoms with E-state index in [2.05, 4.69) is 5.32 Å². The van der Waals surface area contributed by atoms with Crippen LogP contribution in [0.15, 0.2) is 30.3 Å². The average Bonchev–Trinajstić information content (AvgIpc) is 2.52. The minimum Gasteiger partial charge on any atom is -0.459 e. The van der Waals surface area contributed by atoms with Crippen molar-refractivity contribution < 1.29 is 24.3 Å². The molecule has 1 rings (SSSR count). The molecular weight excluding hydrogens is 312 g/mol. The third kappa shape index (κ3) is 8.50. The number of carbonyl (C=O) groups is 2. The second kappa shape index (κ2) is 9.89. The van der Waals surface area contributed by atoms with Crippen LogP contribution in [0.4, 0.5) is 4.79 Å². The molecule has 0 aliphatic rings. The summed E-state index contributed by atoms with van der Waals surface area (Å²) in [6.07, 6.45) is 0.284. The topological polar surface area (TPSA) is 96.9 Å². The molecule has 24 heavy (non-hydrogen) atoms. The zero-order valence-corrected chi connectivity index (χ0v) is 14.4. The zero-order valence-electron chi connectivity index (χ0n) is 14.4. The summed E-state index contributed by atoms with van der Waals surface area (Å²) in [5.41, 5.74) is 2.23. The predicted molar refractivity (Wildman–Crippen MR) is 88.4 cm³/mol. The van der Waals surface area contributed by atoms with Gasteiger partial charge in [0.15, 0.2) is 0 Å². The van der Waals surface area contributed by atoms with E-state index >= 15 is 0 Å². The van der Waals surface area contributed by atoms with Gasteiger partial charge in [-0.25, -0.2) is 4.79 Å².